The maximum atomic E-state index is 12.2. The molecular weight excluding hydrogens is 280 g/mol. The van der Waals surface area contributed by atoms with Crippen molar-refractivity contribution in [1.29, 1.82) is 0 Å². The van der Waals surface area contributed by atoms with Crippen LogP contribution < -0.4 is 0 Å². The fourth-order valence-electron chi connectivity index (χ4n) is 2.02. The Labute approximate surface area is 119 Å². The van der Waals surface area contributed by atoms with Crippen LogP contribution in [0.15, 0.2) is 30.3 Å². The number of aliphatic carboxylic acids is 1. The molecule has 1 aliphatic heterocycles. The van der Waals surface area contributed by atoms with Gasteiger partial charge in [0.05, 0.1) is 6.42 Å². The number of rotatable bonds is 3. The van der Waals surface area contributed by atoms with E-state index in [-0.39, 0.29) is 5.56 Å². The average Bonchev–Trinajstić information content (AvgIpc) is 2.47. The van der Waals surface area contributed by atoms with Gasteiger partial charge in [0, 0.05) is 5.56 Å². The lowest BCUT2D eigenvalue weighted by Crippen LogP contribution is -2.60. The lowest BCUT2D eigenvalue weighted by Gasteiger charge is -2.35. The summed E-state index contributed by atoms with van der Waals surface area (Å²) in [5.41, 5.74) is 0.117. The first-order valence-electron chi connectivity index (χ1n) is 6.04. The lowest BCUT2D eigenvalue weighted by molar-refractivity contribution is -0.149. The summed E-state index contributed by atoms with van der Waals surface area (Å²) < 4.78 is 0. The summed E-state index contributed by atoms with van der Waals surface area (Å²) in [6.07, 6.45) is -0.569. The first kappa shape index (κ1) is 14.7. The summed E-state index contributed by atoms with van der Waals surface area (Å²) in [6.45, 7) is -0.901. The minimum atomic E-state index is -1.48. The number of amides is 4. The van der Waals surface area contributed by atoms with Gasteiger partial charge in [-0.1, -0.05) is 18.2 Å². The van der Waals surface area contributed by atoms with E-state index in [0.717, 1.165) is 0 Å². The van der Waals surface area contributed by atoms with Crippen LogP contribution in [0.4, 0.5) is 4.79 Å². The monoisotopic (exact) mass is 292 g/mol. The van der Waals surface area contributed by atoms with E-state index in [9.17, 15) is 19.2 Å². The molecule has 8 nitrogen and oxygen atoms in total. The third-order valence-electron chi connectivity index (χ3n) is 3.09. The van der Waals surface area contributed by atoms with Crippen molar-refractivity contribution < 1.29 is 29.4 Å². The van der Waals surface area contributed by atoms with Crippen LogP contribution in [0.5, 0.6) is 0 Å². The van der Waals surface area contributed by atoms with Crippen molar-refractivity contribution in [3.05, 3.63) is 35.9 Å². The van der Waals surface area contributed by atoms with Gasteiger partial charge in [-0.15, -0.1) is 0 Å². The Morgan fingerprint density at radius 3 is 2.33 bits per heavy atom. The Balaban J connectivity index is 2.33. The molecule has 0 spiro atoms. The SMILES string of the molecule is O=C(O)C1CC(=O)N(C(=O)c2ccccc2)C(=O)N1CO. The molecule has 21 heavy (non-hydrogen) atoms. The van der Waals surface area contributed by atoms with E-state index in [2.05, 4.69) is 0 Å². The molecule has 110 valence electrons. The summed E-state index contributed by atoms with van der Waals surface area (Å²) in [4.78, 5) is 48.1. The van der Waals surface area contributed by atoms with Crippen LogP contribution >= 0.6 is 0 Å². The van der Waals surface area contributed by atoms with Crippen LogP contribution in [-0.2, 0) is 9.59 Å². The maximum absolute atomic E-state index is 12.2. The average molecular weight is 292 g/mol. The van der Waals surface area contributed by atoms with Crippen LogP contribution in [-0.4, -0.2) is 56.6 Å². The van der Waals surface area contributed by atoms with E-state index in [1.807, 2.05) is 0 Å². The number of carboxylic acid groups (broad SMARTS) is 1. The number of aliphatic hydroxyl groups is 1. The molecule has 1 fully saturated rings. The molecule has 2 rings (SSSR count). The first-order chi connectivity index (χ1) is 9.97. The van der Waals surface area contributed by atoms with Crippen molar-refractivity contribution in [3.63, 3.8) is 0 Å². The number of nitrogens with zero attached hydrogens (tertiary/aromatic N) is 2. The van der Waals surface area contributed by atoms with Crippen LogP contribution in [0.2, 0.25) is 0 Å². The van der Waals surface area contributed by atoms with Crippen molar-refractivity contribution in [2.75, 3.05) is 6.73 Å². The molecule has 1 heterocycles. The van der Waals surface area contributed by atoms with E-state index in [4.69, 9.17) is 10.2 Å². The Bertz CT molecular complexity index is 600. The maximum Gasteiger partial charge on any atom is 0.336 e. The number of carboxylic acids is 1. The molecule has 0 aliphatic carbocycles. The molecule has 8 heteroatoms. The molecule has 1 aromatic rings. The number of hydrogen-bond acceptors (Lipinski definition) is 5. The van der Waals surface area contributed by atoms with Gasteiger partial charge in [-0.2, -0.15) is 4.90 Å². The van der Waals surface area contributed by atoms with E-state index in [0.29, 0.717) is 9.80 Å². The van der Waals surface area contributed by atoms with E-state index >= 15 is 0 Å². The molecular formula is C13H12N2O6. The second-order valence-corrected chi connectivity index (χ2v) is 4.35. The van der Waals surface area contributed by atoms with Crippen LogP contribution in [0.1, 0.15) is 16.8 Å². The Morgan fingerprint density at radius 2 is 1.81 bits per heavy atom. The quantitative estimate of drug-likeness (QED) is 0.751. The molecule has 4 amide bonds. The van der Waals surface area contributed by atoms with Crippen molar-refractivity contribution in [2.45, 2.75) is 12.5 Å². The molecule has 1 aromatic carbocycles. The Kier molecular flexibility index (Phi) is 3.99. The van der Waals surface area contributed by atoms with Gasteiger partial charge in [0.2, 0.25) is 5.91 Å². The zero-order valence-corrected chi connectivity index (χ0v) is 10.8. The van der Waals surface area contributed by atoms with Crippen LogP contribution in [0, 0.1) is 0 Å². The fourth-order valence-corrected chi connectivity index (χ4v) is 2.02. The Hall–Kier alpha value is -2.74. The van der Waals surface area contributed by atoms with Gasteiger partial charge in [0.1, 0.15) is 12.8 Å². The largest absolute Gasteiger partial charge is 0.480 e. The van der Waals surface area contributed by atoms with Gasteiger partial charge in [0.25, 0.3) is 5.91 Å². The number of imide groups is 3. The van der Waals surface area contributed by atoms with Gasteiger partial charge in [0.15, 0.2) is 0 Å². The third-order valence-corrected chi connectivity index (χ3v) is 3.09. The number of urea groups is 1. The lowest BCUT2D eigenvalue weighted by atomic mass is 10.1. The predicted molar refractivity (Wildman–Crippen MR) is 68.0 cm³/mol. The van der Waals surface area contributed by atoms with Crippen molar-refractivity contribution in [2.24, 2.45) is 0 Å². The zero-order chi connectivity index (χ0) is 15.6. The smallest absolute Gasteiger partial charge is 0.336 e. The Morgan fingerprint density at radius 1 is 1.19 bits per heavy atom. The van der Waals surface area contributed by atoms with Gasteiger partial charge >= 0.3 is 12.0 Å². The molecule has 1 unspecified atom stereocenters. The van der Waals surface area contributed by atoms with E-state index in [1.165, 1.54) is 12.1 Å². The first-order valence-corrected chi connectivity index (χ1v) is 6.04. The predicted octanol–water partition coefficient (Wildman–Crippen LogP) is -0.116. The van der Waals surface area contributed by atoms with Crippen molar-refractivity contribution in [1.82, 2.24) is 9.80 Å². The summed E-state index contributed by atoms with van der Waals surface area (Å²) in [6, 6.07) is 5.03. The summed E-state index contributed by atoms with van der Waals surface area (Å²) >= 11 is 0. The number of hydrogen-bond donors (Lipinski definition) is 2. The number of benzene rings is 1. The molecule has 1 saturated heterocycles. The normalized spacial score (nSPS) is 18.8. The molecule has 1 aliphatic rings. The van der Waals surface area contributed by atoms with Crippen molar-refractivity contribution in [3.8, 4) is 0 Å². The standard InChI is InChI=1S/C13H12N2O6/c16-7-14-9(12(19)20)6-10(17)15(13(14)21)11(18)8-4-2-1-3-5-8/h1-5,9,16H,6-7H2,(H,19,20). The van der Waals surface area contributed by atoms with Gasteiger partial charge in [-0.3, -0.25) is 14.5 Å². The highest BCUT2D eigenvalue weighted by Crippen LogP contribution is 2.19. The van der Waals surface area contributed by atoms with Gasteiger partial charge < -0.3 is 10.2 Å². The minimum Gasteiger partial charge on any atom is -0.480 e. The second kappa shape index (κ2) is 5.71. The highest BCUT2D eigenvalue weighted by atomic mass is 16.4. The van der Waals surface area contributed by atoms with E-state index in [1.54, 1.807) is 18.2 Å². The third kappa shape index (κ3) is 2.61. The second-order valence-electron chi connectivity index (χ2n) is 4.35. The molecule has 0 bridgehead atoms. The van der Waals surface area contributed by atoms with Crippen LogP contribution in [0.3, 0.4) is 0 Å². The molecule has 0 radical (unpaired) electrons. The summed E-state index contributed by atoms with van der Waals surface area (Å²) in [7, 11) is 0. The summed E-state index contributed by atoms with van der Waals surface area (Å²) in [5.74, 6) is -3.18. The van der Waals surface area contributed by atoms with Gasteiger partial charge in [-0.05, 0) is 12.1 Å². The number of carbonyl (C=O) groups is 4. The summed E-state index contributed by atoms with van der Waals surface area (Å²) in [5, 5.41) is 18.1. The zero-order valence-electron chi connectivity index (χ0n) is 10.8. The number of aliphatic hydroxyl groups excluding tert-OH is 1. The minimum absolute atomic E-state index is 0.117. The van der Waals surface area contributed by atoms with Gasteiger partial charge in [-0.25, -0.2) is 9.59 Å². The molecule has 2 N–H and O–H groups in total. The highest BCUT2D eigenvalue weighted by Gasteiger charge is 2.45. The van der Waals surface area contributed by atoms with E-state index < -0.39 is 43.0 Å². The molecule has 0 saturated carbocycles. The fraction of sp³-hybridized carbons (Fsp3) is 0.231. The highest BCUT2D eigenvalue weighted by molar-refractivity contribution is 6.18. The van der Waals surface area contributed by atoms with Crippen LogP contribution in [0.25, 0.3) is 0 Å². The molecule has 0 aromatic heterocycles. The van der Waals surface area contributed by atoms with Crippen molar-refractivity contribution >= 4 is 23.8 Å². The topological polar surface area (TPSA) is 115 Å². The number of carbonyl (C=O) groups excluding carboxylic acids is 3. The molecule has 1 atom stereocenters.